The molecule has 0 radical (unpaired) electrons. The number of hydrogen-bond acceptors (Lipinski definition) is 4. The van der Waals surface area contributed by atoms with Gasteiger partial charge in [0.15, 0.2) is 11.5 Å². The molecule has 2 aliphatic heterocycles. The summed E-state index contributed by atoms with van der Waals surface area (Å²) in [6.45, 7) is 8.14. The molecule has 3 rings (SSSR count). The van der Waals surface area contributed by atoms with Crippen LogP contribution in [0.2, 0.25) is 0 Å². The molecule has 1 aromatic carbocycles. The maximum Gasteiger partial charge on any atom is 0.161 e. The van der Waals surface area contributed by atoms with Gasteiger partial charge in [-0.25, -0.2) is 0 Å². The maximum absolute atomic E-state index is 5.43. The summed E-state index contributed by atoms with van der Waals surface area (Å²) in [7, 11) is 3.41. The molecule has 0 aliphatic carbocycles. The third-order valence-electron chi connectivity index (χ3n) is 4.96. The van der Waals surface area contributed by atoms with Crippen molar-refractivity contribution < 1.29 is 9.47 Å². The number of methoxy groups -OCH3 is 2. The molecular weight excluding hydrogens is 264 g/mol. The van der Waals surface area contributed by atoms with Crippen molar-refractivity contribution in [1.82, 2.24) is 10.2 Å². The number of ether oxygens (including phenoxy) is 2. The fourth-order valence-corrected chi connectivity index (χ4v) is 3.37. The van der Waals surface area contributed by atoms with Gasteiger partial charge in [0.1, 0.15) is 0 Å². The zero-order valence-corrected chi connectivity index (χ0v) is 13.3. The molecular formula is C17H26N2O2. The molecule has 0 saturated carbocycles. The molecule has 0 amide bonds. The quantitative estimate of drug-likeness (QED) is 0.898. The van der Waals surface area contributed by atoms with Crippen LogP contribution in [0, 0.1) is 11.8 Å². The number of rotatable bonds is 5. The molecule has 1 N–H and O–H groups in total. The fourth-order valence-electron chi connectivity index (χ4n) is 3.37. The summed E-state index contributed by atoms with van der Waals surface area (Å²) in [5, 5.41) is 3.37. The minimum absolute atomic E-state index is 0.771. The van der Waals surface area contributed by atoms with Gasteiger partial charge in [0.2, 0.25) is 0 Å². The second-order valence-corrected chi connectivity index (χ2v) is 6.36. The Morgan fingerprint density at radius 2 is 1.86 bits per heavy atom. The van der Waals surface area contributed by atoms with Crippen LogP contribution < -0.4 is 14.8 Å². The first-order valence-corrected chi connectivity index (χ1v) is 7.88. The molecule has 0 aromatic heterocycles. The molecule has 21 heavy (non-hydrogen) atoms. The van der Waals surface area contributed by atoms with Crippen LogP contribution in [0.1, 0.15) is 18.1 Å². The van der Waals surface area contributed by atoms with Crippen molar-refractivity contribution in [3.63, 3.8) is 0 Å². The molecule has 1 atom stereocenters. The van der Waals surface area contributed by atoms with Crippen molar-refractivity contribution in [2.45, 2.75) is 19.9 Å². The maximum atomic E-state index is 5.43. The van der Waals surface area contributed by atoms with Crippen LogP contribution in [0.25, 0.3) is 0 Å². The van der Waals surface area contributed by atoms with Gasteiger partial charge in [-0.2, -0.15) is 0 Å². The van der Waals surface area contributed by atoms with E-state index >= 15 is 0 Å². The third kappa shape index (κ3) is 3.01. The summed E-state index contributed by atoms with van der Waals surface area (Å²) >= 11 is 0. The van der Waals surface area contributed by atoms with E-state index in [4.69, 9.17) is 9.47 Å². The molecule has 1 fully saturated rings. The Bertz CT molecular complexity index is 500. The number of benzene rings is 1. The van der Waals surface area contributed by atoms with E-state index in [1.54, 1.807) is 14.2 Å². The first-order chi connectivity index (χ1) is 10.2. The highest BCUT2D eigenvalue weighted by Crippen LogP contribution is 2.33. The van der Waals surface area contributed by atoms with Crippen LogP contribution in [0.3, 0.4) is 0 Å². The average molecular weight is 290 g/mol. The number of nitrogens with zero attached hydrogens (tertiary/aromatic N) is 1. The smallest absolute Gasteiger partial charge is 0.161 e. The van der Waals surface area contributed by atoms with Crippen LogP contribution in [0.5, 0.6) is 11.5 Å². The molecule has 4 nitrogen and oxygen atoms in total. The summed E-state index contributed by atoms with van der Waals surface area (Å²) < 4.78 is 10.8. The van der Waals surface area contributed by atoms with Gasteiger partial charge in [-0.3, -0.25) is 4.90 Å². The highest BCUT2D eigenvalue weighted by Gasteiger charge is 2.27. The van der Waals surface area contributed by atoms with Crippen LogP contribution >= 0.6 is 0 Å². The van der Waals surface area contributed by atoms with E-state index in [1.165, 1.54) is 30.8 Å². The number of nitrogens with one attached hydrogen (secondary N) is 1. The Kier molecular flexibility index (Phi) is 4.36. The second-order valence-electron chi connectivity index (χ2n) is 6.36. The summed E-state index contributed by atoms with van der Waals surface area (Å²) in [4.78, 5) is 2.58. The lowest BCUT2D eigenvalue weighted by atomic mass is 9.88. The second kappa shape index (κ2) is 6.24. The van der Waals surface area contributed by atoms with Gasteiger partial charge in [0, 0.05) is 19.6 Å². The van der Waals surface area contributed by atoms with E-state index in [9.17, 15) is 0 Å². The number of fused-ring (bicyclic) bond motifs is 1. The van der Waals surface area contributed by atoms with E-state index in [1.807, 2.05) is 0 Å². The Hall–Kier alpha value is -1.26. The topological polar surface area (TPSA) is 33.7 Å². The van der Waals surface area contributed by atoms with Gasteiger partial charge in [0.25, 0.3) is 0 Å². The number of hydrogen-bond donors (Lipinski definition) is 1. The van der Waals surface area contributed by atoms with Gasteiger partial charge in [-0.15, -0.1) is 0 Å². The minimum atomic E-state index is 0.771. The van der Waals surface area contributed by atoms with Crippen LogP contribution in [-0.4, -0.2) is 45.3 Å². The molecule has 0 bridgehead atoms. The van der Waals surface area contributed by atoms with Crippen molar-refractivity contribution in [2.24, 2.45) is 11.8 Å². The lowest BCUT2D eigenvalue weighted by molar-refractivity contribution is 0.156. The van der Waals surface area contributed by atoms with Crippen LogP contribution in [0.15, 0.2) is 12.1 Å². The molecule has 2 heterocycles. The van der Waals surface area contributed by atoms with Crippen LogP contribution in [0.4, 0.5) is 0 Å². The Labute approximate surface area is 127 Å². The fraction of sp³-hybridized carbons (Fsp3) is 0.647. The standard InChI is InChI=1S/C17H26N2O2/c1-12(15-8-18-9-15)10-19-5-4-13-6-16(20-2)17(21-3)7-14(13)11-19/h6-7,12,15,18H,4-5,8-11H2,1-3H3. The first-order valence-electron chi connectivity index (χ1n) is 7.88. The van der Waals surface area contributed by atoms with Crippen molar-refractivity contribution >= 4 is 0 Å². The minimum Gasteiger partial charge on any atom is -0.493 e. The zero-order chi connectivity index (χ0) is 14.8. The van der Waals surface area contributed by atoms with Gasteiger partial charge < -0.3 is 14.8 Å². The van der Waals surface area contributed by atoms with Gasteiger partial charge in [-0.1, -0.05) is 6.92 Å². The highest BCUT2D eigenvalue weighted by molar-refractivity contribution is 5.48. The monoisotopic (exact) mass is 290 g/mol. The predicted octanol–water partition coefficient (Wildman–Crippen LogP) is 1.92. The summed E-state index contributed by atoms with van der Waals surface area (Å²) in [5.74, 6) is 3.32. The van der Waals surface area contributed by atoms with Crippen LogP contribution in [-0.2, 0) is 13.0 Å². The zero-order valence-electron chi connectivity index (χ0n) is 13.3. The Balaban J connectivity index is 1.69. The SMILES string of the molecule is COc1cc2c(cc1OC)CN(CC(C)C1CNC1)CC2. The summed E-state index contributed by atoms with van der Waals surface area (Å²) in [5.41, 5.74) is 2.79. The molecule has 1 aromatic rings. The Morgan fingerprint density at radius 3 is 2.43 bits per heavy atom. The molecule has 1 unspecified atom stereocenters. The summed E-state index contributed by atoms with van der Waals surface area (Å²) in [6.07, 6.45) is 1.10. The third-order valence-corrected chi connectivity index (χ3v) is 4.96. The lowest BCUT2D eigenvalue weighted by Gasteiger charge is -2.37. The van der Waals surface area contributed by atoms with Gasteiger partial charge in [-0.05, 0) is 54.6 Å². The van der Waals surface area contributed by atoms with Crippen molar-refractivity contribution in [1.29, 1.82) is 0 Å². The molecule has 0 spiro atoms. The van der Waals surface area contributed by atoms with E-state index in [-0.39, 0.29) is 0 Å². The predicted molar refractivity (Wildman–Crippen MR) is 84.1 cm³/mol. The average Bonchev–Trinajstić information content (AvgIpc) is 2.43. The molecule has 116 valence electrons. The van der Waals surface area contributed by atoms with E-state index in [0.29, 0.717) is 0 Å². The van der Waals surface area contributed by atoms with E-state index in [0.717, 1.165) is 42.8 Å². The molecule has 4 heteroatoms. The van der Waals surface area contributed by atoms with E-state index in [2.05, 4.69) is 29.3 Å². The highest BCUT2D eigenvalue weighted by atomic mass is 16.5. The largest absolute Gasteiger partial charge is 0.493 e. The van der Waals surface area contributed by atoms with Crippen molar-refractivity contribution in [2.75, 3.05) is 40.4 Å². The Morgan fingerprint density at radius 1 is 1.19 bits per heavy atom. The van der Waals surface area contributed by atoms with E-state index < -0.39 is 0 Å². The summed E-state index contributed by atoms with van der Waals surface area (Å²) in [6, 6.07) is 4.29. The van der Waals surface area contributed by atoms with Gasteiger partial charge >= 0.3 is 0 Å². The normalized spacial score (nSPS) is 20.5. The van der Waals surface area contributed by atoms with Gasteiger partial charge in [0.05, 0.1) is 14.2 Å². The van der Waals surface area contributed by atoms with Crippen molar-refractivity contribution in [3.8, 4) is 11.5 Å². The first kappa shape index (κ1) is 14.7. The molecule has 1 saturated heterocycles. The van der Waals surface area contributed by atoms with Crippen molar-refractivity contribution in [3.05, 3.63) is 23.3 Å². The lowest BCUT2D eigenvalue weighted by Crippen LogP contribution is -2.48. The molecule has 2 aliphatic rings.